The minimum Gasteiger partial charge on any atom is -0.464 e. The van der Waals surface area contributed by atoms with E-state index >= 15 is 0 Å². The van der Waals surface area contributed by atoms with Gasteiger partial charge in [-0.1, -0.05) is 18.2 Å². The van der Waals surface area contributed by atoms with Crippen LogP contribution in [0.15, 0.2) is 48.5 Å². The minimum absolute atomic E-state index is 0.0208. The van der Waals surface area contributed by atoms with E-state index < -0.39 is 17.7 Å². The van der Waals surface area contributed by atoms with Crippen LogP contribution in [0.3, 0.4) is 0 Å². The summed E-state index contributed by atoms with van der Waals surface area (Å²) in [5.74, 6) is -1.12. The number of carbonyl (C=O) groups excluding carboxylic acids is 2. The Morgan fingerprint density at radius 2 is 1.83 bits per heavy atom. The third kappa shape index (κ3) is 5.24. The summed E-state index contributed by atoms with van der Waals surface area (Å²) in [4.78, 5) is 26.8. The number of piperidine rings is 1. The van der Waals surface area contributed by atoms with Gasteiger partial charge >= 0.3 is 12.1 Å². The maximum Gasteiger partial charge on any atom is 0.416 e. The molecule has 1 aliphatic heterocycles. The number of anilines is 1. The van der Waals surface area contributed by atoms with Crippen LogP contribution in [-0.2, 0) is 22.3 Å². The quantitative estimate of drug-likeness (QED) is 0.358. The molecule has 1 N–H and O–H groups in total. The number of fused-ring (bicyclic) bond motifs is 1. The van der Waals surface area contributed by atoms with E-state index in [1.165, 1.54) is 17.1 Å². The molecular formula is C24H23F4N3O3S. The lowest BCUT2D eigenvalue weighted by atomic mass is 9.95. The maximum atomic E-state index is 13.6. The van der Waals surface area contributed by atoms with Crippen LogP contribution in [0.5, 0.6) is 0 Å². The van der Waals surface area contributed by atoms with Gasteiger partial charge in [-0.15, -0.1) is 3.89 Å². The van der Waals surface area contributed by atoms with Gasteiger partial charge in [0.15, 0.2) is 12.3 Å². The number of carbonyl (C=O) groups is 2. The molecular weight excluding hydrogens is 486 g/mol. The van der Waals surface area contributed by atoms with Crippen LogP contribution < -0.4 is 10.2 Å². The predicted molar refractivity (Wildman–Crippen MR) is 126 cm³/mol. The number of rotatable bonds is 6. The van der Waals surface area contributed by atoms with Crippen molar-refractivity contribution in [3.05, 3.63) is 65.4 Å². The lowest BCUT2D eigenvalue weighted by Gasteiger charge is -2.33. The van der Waals surface area contributed by atoms with Crippen molar-refractivity contribution in [1.29, 1.82) is 0 Å². The number of aromatic nitrogens is 1. The number of halogens is 4. The predicted octanol–water partition coefficient (Wildman–Crippen LogP) is 5.36. The van der Waals surface area contributed by atoms with Gasteiger partial charge in [-0.3, -0.25) is 4.79 Å². The highest BCUT2D eigenvalue weighted by Gasteiger charge is 2.31. The fraction of sp³-hybridized carbons (Fsp3) is 0.333. The number of amides is 1. The van der Waals surface area contributed by atoms with Gasteiger partial charge < -0.3 is 15.0 Å². The first-order valence-corrected chi connectivity index (χ1v) is 11.6. The molecule has 0 spiro atoms. The van der Waals surface area contributed by atoms with Crippen LogP contribution in [0.1, 0.15) is 34.5 Å². The molecule has 0 saturated carbocycles. The number of nitrogens with one attached hydrogen (secondary N) is 1. The second-order valence-corrected chi connectivity index (χ2v) is 8.77. The molecule has 2 aromatic carbocycles. The lowest BCUT2D eigenvalue weighted by molar-refractivity contribution is -0.137. The standard InChI is InChI=1S/C24H23F4N3O3S/c1-34-23(33)21-13-18-19(6-3-7-20(18)31(21)35-28)30-10-8-16(9-11-30)22(32)29-14-15-4-2-5-17(12-15)24(25,26)27/h2-7,12-13,16H,8-11,14H2,1H3,(H,29,32). The third-order valence-corrected chi connectivity index (χ3v) is 6.70. The average Bonchev–Trinajstić information content (AvgIpc) is 3.25. The van der Waals surface area contributed by atoms with Crippen LogP contribution in [0.4, 0.5) is 22.7 Å². The smallest absolute Gasteiger partial charge is 0.416 e. The molecule has 1 aromatic heterocycles. The fourth-order valence-electron chi connectivity index (χ4n) is 4.36. The zero-order valence-electron chi connectivity index (χ0n) is 18.8. The van der Waals surface area contributed by atoms with E-state index in [-0.39, 0.29) is 36.4 Å². The molecule has 0 radical (unpaired) electrons. The summed E-state index contributed by atoms with van der Waals surface area (Å²) in [5, 5.41) is 3.44. The Morgan fingerprint density at radius 1 is 1.11 bits per heavy atom. The zero-order chi connectivity index (χ0) is 25.2. The highest BCUT2D eigenvalue weighted by molar-refractivity contribution is 7.93. The molecule has 1 aliphatic rings. The van der Waals surface area contributed by atoms with Crippen molar-refractivity contribution >= 4 is 40.8 Å². The second-order valence-electron chi connectivity index (χ2n) is 8.27. The molecule has 3 aromatic rings. The minimum atomic E-state index is -4.43. The number of benzene rings is 2. The zero-order valence-corrected chi connectivity index (χ0v) is 19.6. The van der Waals surface area contributed by atoms with Crippen molar-refractivity contribution in [3.8, 4) is 0 Å². The molecule has 35 heavy (non-hydrogen) atoms. The molecule has 2 heterocycles. The van der Waals surface area contributed by atoms with Gasteiger partial charge in [0, 0.05) is 36.6 Å². The van der Waals surface area contributed by atoms with Gasteiger partial charge in [0.1, 0.15) is 5.69 Å². The van der Waals surface area contributed by atoms with Crippen LogP contribution in [0.25, 0.3) is 10.9 Å². The molecule has 0 unspecified atom stereocenters. The Balaban J connectivity index is 1.41. The Bertz CT molecular complexity index is 1240. The van der Waals surface area contributed by atoms with Crippen molar-refractivity contribution in [3.63, 3.8) is 0 Å². The largest absolute Gasteiger partial charge is 0.464 e. The first kappa shape index (κ1) is 24.9. The topological polar surface area (TPSA) is 63.6 Å². The molecule has 6 nitrogen and oxygen atoms in total. The SMILES string of the molecule is COC(=O)c1cc2c(N3CCC(C(=O)NCc4cccc(C(F)(F)F)c4)CC3)cccc2n1SF. The van der Waals surface area contributed by atoms with E-state index in [2.05, 4.69) is 10.2 Å². The van der Waals surface area contributed by atoms with E-state index in [1.54, 1.807) is 24.3 Å². The summed E-state index contributed by atoms with van der Waals surface area (Å²) < 4.78 is 58.2. The van der Waals surface area contributed by atoms with Gasteiger partial charge in [0.2, 0.25) is 5.91 Å². The second kappa shape index (κ2) is 10.2. The van der Waals surface area contributed by atoms with Crippen molar-refractivity contribution in [2.24, 2.45) is 5.92 Å². The van der Waals surface area contributed by atoms with E-state index in [9.17, 15) is 26.6 Å². The van der Waals surface area contributed by atoms with Crippen LogP contribution >= 0.6 is 12.3 Å². The highest BCUT2D eigenvalue weighted by atomic mass is 32.2. The molecule has 1 saturated heterocycles. The van der Waals surface area contributed by atoms with Crippen LogP contribution in [0, 0.1) is 5.92 Å². The summed E-state index contributed by atoms with van der Waals surface area (Å²) >= 11 is -0.0773. The molecule has 11 heteroatoms. The molecule has 0 aliphatic carbocycles. The molecule has 0 bridgehead atoms. The van der Waals surface area contributed by atoms with E-state index in [0.29, 0.717) is 42.4 Å². The number of esters is 1. The van der Waals surface area contributed by atoms with Gasteiger partial charge in [-0.2, -0.15) is 13.2 Å². The monoisotopic (exact) mass is 509 g/mol. The summed E-state index contributed by atoms with van der Waals surface area (Å²) in [6.07, 6.45) is -3.34. The van der Waals surface area contributed by atoms with Gasteiger partial charge in [-0.05, 0) is 48.7 Å². The van der Waals surface area contributed by atoms with Crippen molar-refractivity contribution in [1.82, 2.24) is 9.29 Å². The molecule has 1 amide bonds. The first-order chi connectivity index (χ1) is 16.7. The summed E-state index contributed by atoms with van der Waals surface area (Å²) in [7, 11) is 1.23. The molecule has 186 valence electrons. The summed E-state index contributed by atoms with van der Waals surface area (Å²) in [5.41, 5.74) is 1.09. The van der Waals surface area contributed by atoms with Crippen LogP contribution in [0.2, 0.25) is 0 Å². The highest BCUT2D eigenvalue weighted by Crippen LogP contribution is 2.35. The number of nitrogens with zero attached hydrogens (tertiary/aromatic N) is 2. The first-order valence-electron chi connectivity index (χ1n) is 10.9. The van der Waals surface area contributed by atoms with Gasteiger partial charge in [0.05, 0.1) is 18.2 Å². The number of methoxy groups -OCH3 is 1. The third-order valence-electron chi connectivity index (χ3n) is 6.17. The van der Waals surface area contributed by atoms with Crippen molar-refractivity contribution in [2.75, 3.05) is 25.1 Å². The molecule has 4 rings (SSSR count). The van der Waals surface area contributed by atoms with E-state index in [0.717, 1.165) is 17.8 Å². The number of hydrogen-bond donors (Lipinski definition) is 1. The average molecular weight is 510 g/mol. The number of hydrogen-bond acceptors (Lipinski definition) is 5. The Labute approximate surface area is 203 Å². The number of alkyl halides is 3. The summed E-state index contributed by atoms with van der Waals surface area (Å²) in [6.45, 7) is 1.14. The lowest BCUT2D eigenvalue weighted by Crippen LogP contribution is -2.40. The Hall–Kier alpha value is -3.21. The van der Waals surface area contributed by atoms with Gasteiger partial charge in [-0.25, -0.2) is 8.77 Å². The van der Waals surface area contributed by atoms with Crippen molar-refractivity contribution < 1.29 is 31.4 Å². The number of ether oxygens (including phenoxy) is 1. The molecule has 1 fully saturated rings. The summed E-state index contributed by atoms with van der Waals surface area (Å²) in [6, 6.07) is 11.9. The van der Waals surface area contributed by atoms with E-state index in [1.807, 2.05) is 6.07 Å². The van der Waals surface area contributed by atoms with Gasteiger partial charge in [0.25, 0.3) is 0 Å². The fourth-order valence-corrected chi connectivity index (χ4v) is 4.80. The Kier molecular flexibility index (Phi) is 7.25. The molecule has 0 atom stereocenters. The normalized spacial score (nSPS) is 14.8. The van der Waals surface area contributed by atoms with Crippen molar-refractivity contribution in [2.45, 2.75) is 25.6 Å². The van der Waals surface area contributed by atoms with Crippen LogP contribution in [-0.4, -0.2) is 36.0 Å². The Morgan fingerprint density at radius 3 is 2.49 bits per heavy atom. The maximum absolute atomic E-state index is 13.6. The van der Waals surface area contributed by atoms with E-state index in [4.69, 9.17) is 4.74 Å².